The molecule has 0 saturated heterocycles. The lowest BCUT2D eigenvalue weighted by Gasteiger charge is -2.18. The third-order valence-electron chi connectivity index (χ3n) is 2.74. The van der Waals surface area contributed by atoms with Crippen molar-refractivity contribution in [3.05, 3.63) is 35.6 Å². The number of hydrogen-bond donors (Lipinski definition) is 2. The predicted octanol–water partition coefficient (Wildman–Crippen LogP) is 2.88. The van der Waals surface area contributed by atoms with Gasteiger partial charge in [0.25, 0.3) is 0 Å². The van der Waals surface area contributed by atoms with Gasteiger partial charge < -0.3 is 10.4 Å². The molecule has 0 aromatic heterocycles. The van der Waals surface area contributed by atoms with Crippen LogP contribution in [0.3, 0.4) is 0 Å². The molecular formula is C14H22FNO. The highest BCUT2D eigenvalue weighted by molar-refractivity contribution is 5.18. The van der Waals surface area contributed by atoms with Crippen LogP contribution in [0, 0.1) is 11.7 Å². The van der Waals surface area contributed by atoms with Gasteiger partial charge in [-0.1, -0.05) is 26.0 Å². The number of hydrogen-bond acceptors (Lipinski definition) is 2. The number of benzene rings is 1. The molecule has 1 rings (SSSR count). The van der Waals surface area contributed by atoms with Gasteiger partial charge in [0.15, 0.2) is 0 Å². The highest BCUT2D eigenvalue weighted by atomic mass is 19.1. The van der Waals surface area contributed by atoms with E-state index in [-0.39, 0.29) is 5.82 Å². The van der Waals surface area contributed by atoms with Gasteiger partial charge in [0.2, 0.25) is 0 Å². The average Bonchev–Trinajstić information content (AvgIpc) is 2.26. The molecule has 96 valence electrons. The van der Waals surface area contributed by atoms with Gasteiger partial charge in [-0.15, -0.1) is 0 Å². The lowest BCUT2D eigenvalue weighted by molar-refractivity contribution is 0.169. The van der Waals surface area contributed by atoms with Gasteiger partial charge in [-0.05, 0) is 37.0 Å². The SMILES string of the molecule is CC(C)CC(C)NCC(O)c1ccc(F)cc1. The Kier molecular flexibility index (Phi) is 5.59. The first kappa shape index (κ1) is 14.1. The van der Waals surface area contributed by atoms with Crippen LogP contribution in [0.25, 0.3) is 0 Å². The summed E-state index contributed by atoms with van der Waals surface area (Å²) in [6, 6.07) is 6.36. The van der Waals surface area contributed by atoms with Gasteiger partial charge in [-0.2, -0.15) is 0 Å². The van der Waals surface area contributed by atoms with Crippen molar-refractivity contribution in [2.45, 2.75) is 39.3 Å². The molecule has 0 amide bonds. The molecule has 0 aliphatic rings. The normalized spacial score (nSPS) is 14.9. The number of halogens is 1. The smallest absolute Gasteiger partial charge is 0.123 e. The topological polar surface area (TPSA) is 32.3 Å². The predicted molar refractivity (Wildman–Crippen MR) is 68.3 cm³/mol. The summed E-state index contributed by atoms with van der Waals surface area (Å²) in [5, 5.41) is 13.2. The zero-order valence-electron chi connectivity index (χ0n) is 10.8. The molecule has 17 heavy (non-hydrogen) atoms. The second-order valence-corrected chi connectivity index (χ2v) is 5.01. The van der Waals surface area contributed by atoms with Gasteiger partial charge in [-0.3, -0.25) is 0 Å². The summed E-state index contributed by atoms with van der Waals surface area (Å²) in [6.45, 7) is 6.96. The summed E-state index contributed by atoms with van der Waals surface area (Å²) in [7, 11) is 0. The minimum Gasteiger partial charge on any atom is -0.387 e. The third kappa shape index (κ3) is 5.29. The molecule has 2 N–H and O–H groups in total. The van der Waals surface area contributed by atoms with E-state index in [0.717, 1.165) is 12.0 Å². The van der Waals surface area contributed by atoms with Gasteiger partial charge in [-0.25, -0.2) is 4.39 Å². The maximum absolute atomic E-state index is 12.7. The summed E-state index contributed by atoms with van der Waals surface area (Å²) in [5.41, 5.74) is 0.746. The second-order valence-electron chi connectivity index (χ2n) is 5.01. The summed E-state index contributed by atoms with van der Waals surface area (Å²) >= 11 is 0. The molecule has 0 radical (unpaired) electrons. The van der Waals surface area contributed by atoms with Crippen molar-refractivity contribution in [1.29, 1.82) is 0 Å². The second kappa shape index (κ2) is 6.72. The van der Waals surface area contributed by atoms with E-state index in [2.05, 4.69) is 26.1 Å². The number of aliphatic hydroxyl groups is 1. The van der Waals surface area contributed by atoms with E-state index in [1.54, 1.807) is 12.1 Å². The minimum atomic E-state index is -0.579. The molecule has 0 aliphatic heterocycles. The fourth-order valence-corrected chi connectivity index (χ4v) is 1.91. The van der Waals surface area contributed by atoms with Crippen molar-refractivity contribution in [3.8, 4) is 0 Å². The Morgan fingerprint density at radius 1 is 1.18 bits per heavy atom. The monoisotopic (exact) mass is 239 g/mol. The van der Waals surface area contributed by atoms with Crippen molar-refractivity contribution in [2.75, 3.05) is 6.54 Å². The average molecular weight is 239 g/mol. The molecule has 3 heteroatoms. The lowest BCUT2D eigenvalue weighted by Crippen LogP contribution is -2.31. The first-order valence-corrected chi connectivity index (χ1v) is 6.16. The molecule has 1 aromatic rings. The summed E-state index contributed by atoms with van der Waals surface area (Å²) in [6.07, 6.45) is 0.501. The first-order valence-electron chi connectivity index (χ1n) is 6.16. The van der Waals surface area contributed by atoms with Crippen LogP contribution in [-0.2, 0) is 0 Å². The largest absolute Gasteiger partial charge is 0.387 e. The van der Waals surface area contributed by atoms with E-state index in [4.69, 9.17) is 0 Å². The molecule has 2 nitrogen and oxygen atoms in total. The van der Waals surface area contributed by atoms with Crippen molar-refractivity contribution >= 4 is 0 Å². The van der Waals surface area contributed by atoms with Crippen molar-refractivity contribution in [2.24, 2.45) is 5.92 Å². The first-order chi connectivity index (χ1) is 7.99. The molecule has 0 bridgehead atoms. The van der Waals surface area contributed by atoms with Crippen molar-refractivity contribution in [3.63, 3.8) is 0 Å². The quantitative estimate of drug-likeness (QED) is 0.800. The van der Waals surface area contributed by atoms with E-state index in [0.29, 0.717) is 18.5 Å². The van der Waals surface area contributed by atoms with Gasteiger partial charge >= 0.3 is 0 Å². The van der Waals surface area contributed by atoms with Gasteiger partial charge in [0.05, 0.1) is 6.10 Å². The molecule has 0 saturated carbocycles. The van der Waals surface area contributed by atoms with Gasteiger partial charge in [0, 0.05) is 12.6 Å². The van der Waals surface area contributed by atoms with E-state index >= 15 is 0 Å². The maximum Gasteiger partial charge on any atom is 0.123 e. The Labute approximate surface area is 103 Å². The lowest BCUT2D eigenvalue weighted by atomic mass is 10.0. The zero-order valence-corrected chi connectivity index (χ0v) is 10.8. The van der Waals surface area contributed by atoms with Crippen LogP contribution in [0.1, 0.15) is 38.9 Å². The van der Waals surface area contributed by atoms with E-state index < -0.39 is 6.10 Å². The highest BCUT2D eigenvalue weighted by Crippen LogP contribution is 2.13. The van der Waals surface area contributed by atoms with Crippen LogP contribution in [-0.4, -0.2) is 17.7 Å². The third-order valence-corrected chi connectivity index (χ3v) is 2.74. The van der Waals surface area contributed by atoms with E-state index in [1.807, 2.05) is 0 Å². The molecular weight excluding hydrogens is 217 g/mol. The Morgan fingerprint density at radius 2 is 1.76 bits per heavy atom. The van der Waals surface area contributed by atoms with Crippen LogP contribution in [0.2, 0.25) is 0 Å². The minimum absolute atomic E-state index is 0.276. The standard InChI is InChI=1S/C14H22FNO/c1-10(2)8-11(3)16-9-14(17)12-4-6-13(15)7-5-12/h4-7,10-11,14,16-17H,8-9H2,1-3H3. The Balaban J connectivity index is 2.39. The summed E-state index contributed by atoms with van der Waals surface area (Å²) < 4.78 is 12.7. The Hall–Kier alpha value is -0.930. The fourth-order valence-electron chi connectivity index (χ4n) is 1.91. The Bertz CT molecular complexity index is 323. The van der Waals surface area contributed by atoms with Crippen molar-refractivity contribution < 1.29 is 9.50 Å². The van der Waals surface area contributed by atoms with Crippen LogP contribution in [0.4, 0.5) is 4.39 Å². The van der Waals surface area contributed by atoms with Gasteiger partial charge in [0.1, 0.15) is 5.82 Å². The van der Waals surface area contributed by atoms with Crippen LogP contribution in [0.15, 0.2) is 24.3 Å². The molecule has 1 aromatic carbocycles. The molecule has 0 fully saturated rings. The molecule has 0 spiro atoms. The molecule has 2 atom stereocenters. The zero-order chi connectivity index (χ0) is 12.8. The molecule has 0 aliphatic carbocycles. The van der Waals surface area contributed by atoms with E-state index in [9.17, 15) is 9.50 Å². The van der Waals surface area contributed by atoms with E-state index in [1.165, 1.54) is 12.1 Å². The van der Waals surface area contributed by atoms with Crippen LogP contribution in [0.5, 0.6) is 0 Å². The summed E-state index contributed by atoms with van der Waals surface area (Å²) in [4.78, 5) is 0. The Morgan fingerprint density at radius 3 is 2.29 bits per heavy atom. The fraction of sp³-hybridized carbons (Fsp3) is 0.571. The van der Waals surface area contributed by atoms with Crippen LogP contribution >= 0.6 is 0 Å². The number of rotatable bonds is 6. The number of aliphatic hydroxyl groups excluding tert-OH is 1. The molecule has 2 unspecified atom stereocenters. The highest BCUT2D eigenvalue weighted by Gasteiger charge is 2.10. The molecule has 0 heterocycles. The maximum atomic E-state index is 12.7. The van der Waals surface area contributed by atoms with Crippen LogP contribution < -0.4 is 5.32 Å². The number of nitrogens with one attached hydrogen (secondary N) is 1. The van der Waals surface area contributed by atoms with Crippen molar-refractivity contribution in [1.82, 2.24) is 5.32 Å². The summed E-state index contributed by atoms with van der Waals surface area (Å²) in [5.74, 6) is 0.363.